The van der Waals surface area contributed by atoms with Crippen molar-refractivity contribution in [2.24, 2.45) is 0 Å². The summed E-state index contributed by atoms with van der Waals surface area (Å²) in [5.74, 6) is 0.797. The van der Waals surface area contributed by atoms with Crippen LogP contribution in [0.4, 0.5) is 17.2 Å². The van der Waals surface area contributed by atoms with Crippen molar-refractivity contribution in [2.75, 3.05) is 11.1 Å². The Bertz CT molecular complexity index is 705. The van der Waals surface area contributed by atoms with E-state index in [1.165, 1.54) is 0 Å². The smallest absolute Gasteiger partial charge is 0.130 e. The number of nitrogens with two attached hydrogens (primary N) is 1. The second kappa shape index (κ2) is 4.27. The third-order valence-corrected chi connectivity index (χ3v) is 3.52. The first-order valence-electron chi connectivity index (χ1n) is 5.56. The van der Waals surface area contributed by atoms with Crippen molar-refractivity contribution < 1.29 is 0 Å². The van der Waals surface area contributed by atoms with Crippen molar-refractivity contribution in [1.82, 2.24) is 9.97 Å². The highest BCUT2D eigenvalue weighted by Crippen LogP contribution is 2.24. The summed E-state index contributed by atoms with van der Waals surface area (Å²) in [6.45, 7) is 1.90. The van der Waals surface area contributed by atoms with Gasteiger partial charge in [0.15, 0.2) is 0 Å². The molecule has 3 aromatic rings. The number of anilines is 3. The molecular weight excluding hydrogens is 244 g/mol. The fourth-order valence-corrected chi connectivity index (χ4v) is 2.44. The third-order valence-electron chi connectivity index (χ3n) is 2.73. The van der Waals surface area contributed by atoms with Crippen LogP contribution in [0.15, 0.2) is 35.8 Å². The van der Waals surface area contributed by atoms with Crippen LogP contribution in [0.2, 0.25) is 0 Å². The zero-order chi connectivity index (χ0) is 12.5. The number of thiazole rings is 1. The van der Waals surface area contributed by atoms with E-state index >= 15 is 0 Å². The summed E-state index contributed by atoms with van der Waals surface area (Å²) < 4.78 is 1.16. The van der Waals surface area contributed by atoms with Crippen molar-refractivity contribution >= 4 is 38.7 Å². The van der Waals surface area contributed by atoms with Crippen molar-refractivity contribution in [2.45, 2.75) is 6.92 Å². The van der Waals surface area contributed by atoms with Gasteiger partial charge in [-0.2, -0.15) is 0 Å². The second-order valence-electron chi connectivity index (χ2n) is 4.03. The van der Waals surface area contributed by atoms with Crippen molar-refractivity contribution in [3.05, 3.63) is 41.5 Å². The lowest BCUT2D eigenvalue weighted by Gasteiger charge is -2.07. The normalized spacial score (nSPS) is 10.7. The number of aryl methyl sites for hydroxylation is 1. The Hall–Kier alpha value is -2.14. The molecular formula is C13H12N4S. The molecule has 0 aliphatic carbocycles. The Labute approximate surface area is 109 Å². The molecule has 1 aromatic carbocycles. The monoisotopic (exact) mass is 256 g/mol. The van der Waals surface area contributed by atoms with E-state index in [1.54, 1.807) is 11.3 Å². The lowest BCUT2D eigenvalue weighted by molar-refractivity contribution is 1.20. The molecule has 5 heteroatoms. The van der Waals surface area contributed by atoms with Gasteiger partial charge in [0, 0.05) is 5.69 Å². The molecule has 18 heavy (non-hydrogen) atoms. The molecule has 0 saturated heterocycles. The zero-order valence-electron chi connectivity index (χ0n) is 9.84. The number of hydrogen-bond donors (Lipinski definition) is 2. The average molecular weight is 256 g/mol. The number of hydrogen-bond acceptors (Lipinski definition) is 5. The summed E-state index contributed by atoms with van der Waals surface area (Å²) in [6, 6.07) is 9.79. The van der Waals surface area contributed by atoms with Crippen LogP contribution < -0.4 is 11.1 Å². The summed E-state index contributed by atoms with van der Waals surface area (Å²) in [5, 5.41) is 3.27. The molecule has 2 aromatic heterocycles. The van der Waals surface area contributed by atoms with Crippen LogP contribution in [0.1, 0.15) is 5.69 Å². The Morgan fingerprint density at radius 2 is 2.11 bits per heavy atom. The summed E-state index contributed by atoms with van der Waals surface area (Å²) in [7, 11) is 0. The molecule has 0 aliphatic rings. The molecule has 4 nitrogen and oxygen atoms in total. The van der Waals surface area contributed by atoms with Gasteiger partial charge in [0.05, 0.1) is 27.1 Å². The zero-order valence-corrected chi connectivity index (χ0v) is 10.7. The van der Waals surface area contributed by atoms with Crippen molar-refractivity contribution in [1.29, 1.82) is 0 Å². The first-order valence-corrected chi connectivity index (χ1v) is 6.44. The van der Waals surface area contributed by atoms with Crippen LogP contribution in [0.5, 0.6) is 0 Å². The Balaban J connectivity index is 1.92. The number of aromatic nitrogens is 2. The largest absolute Gasteiger partial charge is 0.397 e. The standard InChI is InChI=1S/C13H12N4S/c1-8-10(14)3-5-13(16-8)17-9-2-4-11-12(6-9)18-7-15-11/h2-7H,14H2,1H3,(H,16,17). The lowest BCUT2D eigenvalue weighted by atomic mass is 10.3. The highest BCUT2D eigenvalue weighted by atomic mass is 32.1. The SMILES string of the molecule is Cc1nc(Nc2ccc3ncsc3c2)ccc1N. The Morgan fingerprint density at radius 1 is 1.22 bits per heavy atom. The number of nitrogens with one attached hydrogen (secondary N) is 1. The van der Waals surface area contributed by atoms with Gasteiger partial charge in [0.25, 0.3) is 0 Å². The maximum absolute atomic E-state index is 5.75. The minimum atomic E-state index is 0.707. The van der Waals surface area contributed by atoms with Crippen LogP contribution in [0.3, 0.4) is 0 Å². The molecule has 2 heterocycles. The summed E-state index contributed by atoms with van der Waals surface area (Å²) in [5.41, 5.74) is 11.2. The number of nitrogen functional groups attached to an aromatic ring is 1. The quantitative estimate of drug-likeness (QED) is 0.738. The third kappa shape index (κ3) is 2.00. The second-order valence-corrected chi connectivity index (χ2v) is 4.92. The van der Waals surface area contributed by atoms with Gasteiger partial charge in [0.1, 0.15) is 5.82 Å². The topological polar surface area (TPSA) is 63.8 Å². The first-order chi connectivity index (χ1) is 8.72. The molecule has 3 N–H and O–H groups in total. The molecule has 0 spiro atoms. The molecule has 0 amide bonds. The molecule has 0 fully saturated rings. The van der Waals surface area contributed by atoms with Gasteiger partial charge in [-0.15, -0.1) is 11.3 Å². The van der Waals surface area contributed by atoms with E-state index in [0.29, 0.717) is 5.69 Å². The molecule has 0 radical (unpaired) electrons. The van der Waals surface area contributed by atoms with E-state index in [1.807, 2.05) is 36.7 Å². The van der Waals surface area contributed by atoms with Crippen LogP contribution in [-0.4, -0.2) is 9.97 Å². The van der Waals surface area contributed by atoms with E-state index in [0.717, 1.165) is 27.4 Å². The molecule has 0 bridgehead atoms. The summed E-state index contributed by atoms with van der Waals surface area (Å²) in [6.07, 6.45) is 0. The predicted molar refractivity (Wildman–Crippen MR) is 76.3 cm³/mol. The highest BCUT2D eigenvalue weighted by Gasteiger charge is 2.01. The van der Waals surface area contributed by atoms with Gasteiger partial charge >= 0.3 is 0 Å². The number of nitrogens with zero attached hydrogens (tertiary/aromatic N) is 2. The van der Waals surface area contributed by atoms with Crippen LogP contribution in [0, 0.1) is 6.92 Å². The van der Waals surface area contributed by atoms with Crippen molar-refractivity contribution in [3.8, 4) is 0 Å². The maximum Gasteiger partial charge on any atom is 0.130 e. The lowest BCUT2D eigenvalue weighted by Crippen LogP contribution is -1.98. The fraction of sp³-hybridized carbons (Fsp3) is 0.0769. The Morgan fingerprint density at radius 3 is 2.94 bits per heavy atom. The molecule has 3 rings (SSSR count). The van der Waals surface area contributed by atoms with E-state index in [2.05, 4.69) is 21.4 Å². The predicted octanol–water partition coefficient (Wildman–Crippen LogP) is 3.33. The average Bonchev–Trinajstić information content (AvgIpc) is 2.81. The van der Waals surface area contributed by atoms with E-state index < -0.39 is 0 Å². The fourth-order valence-electron chi connectivity index (χ4n) is 1.72. The van der Waals surface area contributed by atoms with Gasteiger partial charge in [-0.25, -0.2) is 9.97 Å². The van der Waals surface area contributed by atoms with Crippen LogP contribution in [-0.2, 0) is 0 Å². The van der Waals surface area contributed by atoms with Crippen LogP contribution in [0.25, 0.3) is 10.2 Å². The molecule has 90 valence electrons. The number of fused-ring (bicyclic) bond motifs is 1. The van der Waals surface area contributed by atoms with Gasteiger partial charge in [-0.1, -0.05) is 0 Å². The first kappa shape index (κ1) is 11.0. The molecule has 0 saturated carbocycles. The van der Waals surface area contributed by atoms with Gasteiger partial charge < -0.3 is 11.1 Å². The van der Waals surface area contributed by atoms with E-state index in [-0.39, 0.29) is 0 Å². The van der Waals surface area contributed by atoms with E-state index in [9.17, 15) is 0 Å². The molecule has 0 aliphatic heterocycles. The van der Waals surface area contributed by atoms with Crippen LogP contribution >= 0.6 is 11.3 Å². The molecule has 0 unspecified atom stereocenters. The minimum Gasteiger partial charge on any atom is -0.397 e. The number of rotatable bonds is 2. The van der Waals surface area contributed by atoms with E-state index in [4.69, 9.17) is 5.73 Å². The van der Waals surface area contributed by atoms with Crippen molar-refractivity contribution in [3.63, 3.8) is 0 Å². The summed E-state index contributed by atoms with van der Waals surface area (Å²) in [4.78, 5) is 8.64. The summed E-state index contributed by atoms with van der Waals surface area (Å²) >= 11 is 1.63. The van der Waals surface area contributed by atoms with Gasteiger partial charge in [-0.05, 0) is 37.3 Å². The highest BCUT2D eigenvalue weighted by molar-refractivity contribution is 7.16. The minimum absolute atomic E-state index is 0.707. The van der Waals surface area contributed by atoms with Gasteiger partial charge in [-0.3, -0.25) is 0 Å². The molecule has 0 atom stereocenters. The maximum atomic E-state index is 5.75. The van der Waals surface area contributed by atoms with Gasteiger partial charge in [0.2, 0.25) is 0 Å². The number of benzene rings is 1. The Kier molecular flexibility index (Phi) is 2.60. The number of pyridine rings is 1.